The van der Waals surface area contributed by atoms with Crippen molar-refractivity contribution in [2.24, 2.45) is 0 Å². The van der Waals surface area contributed by atoms with Gasteiger partial charge in [0.2, 0.25) is 5.91 Å². The third kappa shape index (κ3) is 5.16. The fourth-order valence-electron chi connectivity index (χ4n) is 2.50. The number of piperazine rings is 1. The molecule has 6 heteroatoms. The zero-order valence-electron chi connectivity index (χ0n) is 13.4. The first-order valence-corrected chi connectivity index (χ1v) is 8.08. The van der Waals surface area contributed by atoms with Crippen LogP contribution in [0.1, 0.15) is 0 Å². The number of likely N-dealkylation sites (N-methyl/N-ethyl adjacent to an activating group) is 1. The molecule has 1 aliphatic heterocycles. The minimum absolute atomic E-state index is 0.185. The summed E-state index contributed by atoms with van der Waals surface area (Å²) in [6.45, 7) is 5.43. The predicted molar refractivity (Wildman–Crippen MR) is 91.7 cm³/mol. The summed E-state index contributed by atoms with van der Waals surface area (Å²) in [4.78, 5) is 18.5. The van der Waals surface area contributed by atoms with Gasteiger partial charge in [-0.05, 0) is 32.3 Å². The van der Waals surface area contributed by atoms with Crippen LogP contribution in [0.3, 0.4) is 0 Å². The van der Waals surface area contributed by atoms with E-state index in [-0.39, 0.29) is 5.91 Å². The molecule has 0 unspecified atom stereocenters. The van der Waals surface area contributed by atoms with Crippen LogP contribution in [0.2, 0.25) is 5.02 Å². The monoisotopic (exact) mass is 324 g/mol. The van der Waals surface area contributed by atoms with Gasteiger partial charge in [0.15, 0.2) is 0 Å². The summed E-state index contributed by atoms with van der Waals surface area (Å²) in [5, 5.41) is 3.95. The number of carbonyl (C=O) groups is 1. The highest BCUT2D eigenvalue weighted by molar-refractivity contribution is 6.30. The molecule has 1 heterocycles. The van der Waals surface area contributed by atoms with Crippen molar-refractivity contribution in [3.63, 3.8) is 0 Å². The third-order valence-electron chi connectivity index (χ3n) is 3.82. The maximum Gasteiger partial charge on any atom is 0.236 e. The van der Waals surface area contributed by atoms with Gasteiger partial charge in [0.1, 0.15) is 0 Å². The second-order valence-electron chi connectivity index (χ2n) is 5.83. The molecule has 0 aromatic heterocycles. The molecule has 1 aliphatic rings. The average Bonchev–Trinajstić information content (AvgIpc) is 2.51. The van der Waals surface area contributed by atoms with Gasteiger partial charge in [-0.25, -0.2) is 0 Å². The summed E-state index contributed by atoms with van der Waals surface area (Å²) < 4.78 is 0. The van der Waals surface area contributed by atoms with Crippen LogP contribution in [-0.4, -0.2) is 75.6 Å². The molecule has 2 rings (SSSR count). The zero-order valence-corrected chi connectivity index (χ0v) is 14.1. The Kier molecular flexibility index (Phi) is 6.49. The molecule has 1 fully saturated rings. The van der Waals surface area contributed by atoms with Crippen molar-refractivity contribution < 1.29 is 4.79 Å². The van der Waals surface area contributed by atoms with E-state index in [9.17, 15) is 4.79 Å². The summed E-state index contributed by atoms with van der Waals surface area (Å²) in [6.07, 6.45) is 0. The Morgan fingerprint density at radius 2 is 2.00 bits per heavy atom. The average molecular weight is 325 g/mol. The van der Waals surface area contributed by atoms with Crippen molar-refractivity contribution in [1.29, 1.82) is 0 Å². The van der Waals surface area contributed by atoms with Crippen LogP contribution >= 0.6 is 11.6 Å². The van der Waals surface area contributed by atoms with Gasteiger partial charge in [0.25, 0.3) is 0 Å². The Morgan fingerprint density at radius 1 is 1.27 bits per heavy atom. The zero-order chi connectivity index (χ0) is 15.9. The molecule has 0 atom stereocenters. The highest BCUT2D eigenvalue weighted by atomic mass is 35.5. The molecule has 0 spiro atoms. The molecule has 5 nitrogen and oxygen atoms in total. The number of amides is 1. The molecule has 0 aliphatic carbocycles. The molecule has 122 valence electrons. The Morgan fingerprint density at radius 3 is 2.64 bits per heavy atom. The van der Waals surface area contributed by atoms with Crippen LogP contribution in [0.25, 0.3) is 0 Å². The lowest BCUT2D eigenvalue weighted by Gasteiger charge is -2.36. The van der Waals surface area contributed by atoms with E-state index in [1.54, 1.807) is 0 Å². The van der Waals surface area contributed by atoms with E-state index in [0.29, 0.717) is 6.54 Å². The molecule has 0 saturated carbocycles. The normalized spacial score (nSPS) is 15.5. The van der Waals surface area contributed by atoms with Gasteiger partial charge >= 0.3 is 0 Å². The Balaban J connectivity index is 1.73. The van der Waals surface area contributed by atoms with Crippen molar-refractivity contribution in [2.45, 2.75) is 0 Å². The highest BCUT2D eigenvalue weighted by Crippen LogP contribution is 2.20. The van der Waals surface area contributed by atoms with Crippen LogP contribution in [0, 0.1) is 0 Å². The van der Waals surface area contributed by atoms with E-state index in [2.05, 4.69) is 21.2 Å². The molecular weight excluding hydrogens is 300 g/mol. The fraction of sp³-hybridized carbons (Fsp3) is 0.562. The van der Waals surface area contributed by atoms with E-state index >= 15 is 0 Å². The maximum atomic E-state index is 12.2. The first-order valence-electron chi connectivity index (χ1n) is 7.70. The number of hydrogen-bond donors (Lipinski definition) is 1. The summed E-state index contributed by atoms with van der Waals surface area (Å²) in [7, 11) is 4.05. The Hall–Kier alpha value is -1.30. The lowest BCUT2D eigenvalue weighted by atomic mass is 10.2. The molecule has 1 aromatic rings. The quantitative estimate of drug-likeness (QED) is 0.797. The largest absolute Gasteiger partial charge is 0.368 e. The topological polar surface area (TPSA) is 38.8 Å². The van der Waals surface area contributed by atoms with Crippen LogP contribution in [0.15, 0.2) is 24.3 Å². The molecule has 1 N–H and O–H groups in total. The first-order chi connectivity index (χ1) is 10.6. The lowest BCUT2D eigenvalue weighted by Crippen LogP contribution is -2.51. The van der Waals surface area contributed by atoms with Gasteiger partial charge in [0, 0.05) is 50.0 Å². The Bertz CT molecular complexity index is 487. The number of benzene rings is 1. The number of nitrogens with one attached hydrogen (secondary N) is 1. The molecule has 1 saturated heterocycles. The molecular formula is C16H25ClN4O. The summed E-state index contributed by atoms with van der Waals surface area (Å²) in [5.41, 5.74) is 1.13. The predicted octanol–water partition coefficient (Wildman–Crippen LogP) is 1.14. The number of rotatable bonds is 6. The van der Waals surface area contributed by atoms with Gasteiger partial charge in [-0.2, -0.15) is 0 Å². The van der Waals surface area contributed by atoms with Gasteiger partial charge in [0.05, 0.1) is 6.54 Å². The van der Waals surface area contributed by atoms with Gasteiger partial charge < -0.3 is 20.0 Å². The molecule has 0 bridgehead atoms. The fourth-order valence-corrected chi connectivity index (χ4v) is 2.68. The van der Waals surface area contributed by atoms with Gasteiger partial charge in [-0.1, -0.05) is 17.7 Å². The lowest BCUT2D eigenvalue weighted by molar-refractivity contribution is -0.130. The summed E-state index contributed by atoms with van der Waals surface area (Å²) >= 11 is 6.03. The maximum absolute atomic E-state index is 12.2. The van der Waals surface area contributed by atoms with E-state index < -0.39 is 0 Å². The van der Waals surface area contributed by atoms with E-state index in [4.69, 9.17) is 11.6 Å². The minimum Gasteiger partial charge on any atom is -0.368 e. The van der Waals surface area contributed by atoms with Crippen LogP contribution in [0.4, 0.5) is 5.69 Å². The summed E-state index contributed by atoms with van der Waals surface area (Å²) in [5.74, 6) is 0.185. The van der Waals surface area contributed by atoms with Gasteiger partial charge in [-0.15, -0.1) is 0 Å². The molecule has 1 aromatic carbocycles. The summed E-state index contributed by atoms with van der Waals surface area (Å²) in [6, 6.07) is 7.88. The number of carbonyl (C=O) groups excluding carboxylic acids is 1. The van der Waals surface area contributed by atoms with Gasteiger partial charge in [-0.3, -0.25) is 4.79 Å². The standard InChI is InChI=1S/C16H25ClN4O/c1-19(2)7-6-18-13-16(22)21-10-8-20(9-11-21)15-5-3-4-14(17)12-15/h3-5,12,18H,6-11,13H2,1-2H3. The molecule has 0 radical (unpaired) electrons. The number of hydrogen-bond acceptors (Lipinski definition) is 4. The third-order valence-corrected chi connectivity index (χ3v) is 4.05. The van der Waals surface area contributed by atoms with Crippen LogP contribution in [-0.2, 0) is 4.79 Å². The number of anilines is 1. The first kappa shape index (κ1) is 17.1. The van der Waals surface area contributed by atoms with Crippen LogP contribution < -0.4 is 10.2 Å². The van der Waals surface area contributed by atoms with E-state index in [1.807, 2.05) is 37.2 Å². The van der Waals surface area contributed by atoms with Crippen molar-refractivity contribution in [3.8, 4) is 0 Å². The minimum atomic E-state index is 0.185. The number of nitrogens with zero attached hydrogens (tertiary/aromatic N) is 3. The number of halogens is 1. The molecule has 22 heavy (non-hydrogen) atoms. The van der Waals surface area contributed by atoms with E-state index in [1.165, 1.54) is 0 Å². The van der Waals surface area contributed by atoms with Crippen molar-refractivity contribution in [1.82, 2.24) is 15.1 Å². The SMILES string of the molecule is CN(C)CCNCC(=O)N1CCN(c2cccc(Cl)c2)CC1. The smallest absolute Gasteiger partial charge is 0.236 e. The van der Waals surface area contributed by atoms with Crippen molar-refractivity contribution >= 4 is 23.2 Å². The van der Waals surface area contributed by atoms with Crippen molar-refractivity contribution in [2.75, 3.05) is 64.8 Å². The van der Waals surface area contributed by atoms with Crippen molar-refractivity contribution in [3.05, 3.63) is 29.3 Å². The second-order valence-corrected chi connectivity index (χ2v) is 6.26. The Labute approximate surface area is 137 Å². The highest BCUT2D eigenvalue weighted by Gasteiger charge is 2.20. The van der Waals surface area contributed by atoms with Crippen LogP contribution in [0.5, 0.6) is 0 Å². The second kappa shape index (κ2) is 8.36. The molecule has 1 amide bonds. The van der Waals surface area contributed by atoms with E-state index in [0.717, 1.165) is 50.0 Å².